The Morgan fingerprint density at radius 3 is 2.87 bits per heavy atom. The van der Waals surface area contributed by atoms with Gasteiger partial charge in [-0.15, -0.1) is 0 Å². The largest absolute Gasteiger partial charge is 0.397 e. The van der Waals surface area contributed by atoms with Crippen molar-refractivity contribution in [3.63, 3.8) is 0 Å². The number of anilines is 2. The molecule has 15 heavy (non-hydrogen) atoms. The number of hydrogen-bond acceptors (Lipinski definition) is 4. The highest BCUT2D eigenvalue weighted by Gasteiger charge is 2.29. The van der Waals surface area contributed by atoms with Crippen molar-refractivity contribution in [3.8, 4) is 0 Å². The summed E-state index contributed by atoms with van der Waals surface area (Å²) >= 11 is 0. The van der Waals surface area contributed by atoms with Crippen molar-refractivity contribution in [1.82, 2.24) is 4.98 Å². The van der Waals surface area contributed by atoms with Gasteiger partial charge in [-0.3, -0.25) is 0 Å². The Labute approximate surface area is 89.7 Å². The van der Waals surface area contributed by atoms with E-state index in [0.717, 1.165) is 17.1 Å². The summed E-state index contributed by atoms with van der Waals surface area (Å²) in [6.07, 6.45) is 4.09. The Hall–Kier alpha value is -1.29. The van der Waals surface area contributed by atoms with Crippen LogP contribution < -0.4 is 10.6 Å². The van der Waals surface area contributed by atoms with Crippen LogP contribution in [0.2, 0.25) is 0 Å². The van der Waals surface area contributed by atoms with Crippen LogP contribution >= 0.6 is 0 Å². The average Bonchev–Trinajstić information content (AvgIpc) is 3.02. The molecule has 0 aliphatic heterocycles. The maximum absolute atomic E-state index is 9.00. The van der Waals surface area contributed by atoms with Crippen LogP contribution in [0.1, 0.15) is 18.4 Å². The average molecular weight is 207 g/mol. The van der Waals surface area contributed by atoms with Crippen LogP contribution in [0.5, 0.6) is 0 Å². The third kappa shape index (κ3) is 2.21. The van der Waals surface area contributed by atoms with E-state index in [9.17, 15) is 0 Å². The molecular weight excluding hydrogens is 190 g/mol. The van der Waals surface area contributed by atoms with E-state index in [1.807, 2.05) is 13.0 Å². The molecule has 1 aliphatic carbocycles. The molecule has 0 amide bonds. The highest BCUT2D eigenvalue weighted by Crippen LogP contribution is 2.31. The highest BCUT2D eigenvalue weighted by molar-refractivity contribution is 5.53. The number of aromatic nitrogens is 1. The lowest BCUT2D eigenvalue weighted by molar-refractivity contribution is 0.301. The van der Waals surface area contributed by atoms with Crippen LogP contribution in [-0.4, -0.2) is 29.3 Å². The fraction of sp³-hybridized carbons (Fsp3) is 0.545. The first-order valence-corrected chi connectivity index (χ1v) is 5.32. The summed E-state index contributed by atoms with van der Waals surface area (Å²) in [5.41, 5.74) is 7.49. The number of aliphatic hydroxyl groups excluding tert-OH is 1. The van der Waals surface area contributed by atoms with E-state index >= 15 is 0 Å². The van der Waals surface area contributed by atoms with Crippen molar-refractivity contribution < 1.29 is 5.11 Å². The van der Waals surface area contributed by atoms with E-state index in [-0.39, 0.29) is 6.61 Å². The van der Waals surface area contributed by atoms with Crippen molar-refractivity contribution in [1.29, 1.82) is 0 Å². The first-order chi connectivity index (χ1) is 7.22. The number of rotatable bonds is 4. The molecule has 82 valence electrons. The number of aliphatic hydroxyl groups is 1. The van der Waals surface area contributed by atoms with Gasteiger partial charge in [0.15, 0.2) is 0 Å². The zero-order valence-corrected chi connectivity index (χ0v) is 8.98. The number of nitrogens with two attached hydrogens (primary N) is 1. The molecular formula is C11H17N3O. The normalized spacial score (nSPS) is 15.3. The van der Waals surface area contributed by atoms with Gasteiger partial charge in [-0.25, -0.2) is 4.98 Å². The fourth-order valence-electron chi connectivity index (χ4n) is 1.69. The lowest BCUT2D eigenvalue weighted by Gasteiger charge is -2.22. The van der Waals surface area contributed by atoms with Crippen molar-refractivity contribution >= 4 is 11.5 Å². The van der Waals surface area contributed by atoms with Gasteiger partial charge in [0, 0.05) is 12.6 Å². The number of hydrogen-bond donors (Lipinski definition) is 2. The van der Waals surface area contributed by atoms with Gasteiger partial charge in [0.1, 0.15) is 5.82 Å². The van der Waals surface area contributed by atoms with E-state index in [1.54, 1.807) is 6.20 Å². The standard InChI is InChI=1S/C11H17N3O/c1-8-6-11(13-7-10(8)12)14(4-5-15)9-2-3-9/h6-7,9,15H,2-5,12H2,1H3. The van der Waals surface area contributed by atoms with E-state index in [4.69, 9.17) is 10.8 Å². The second kappa shape index (κ2) is 4.06. The summed E-state index contributed by atoms with van der Waals surface area (Å²) in [5.74, 6) is 0.929. The molecule has 2 rings (SSSR count). The molecule has 0 spiro atoms. The zero-order chi connectivity index (χ0) is 10.8. The molecule has 1 aromatic heterocycles. The Morgan fingerprint density at radius 1 is 1.60 bits per heavy atom. The molecule has 0 atom stereocenters. The summed E-state index contributed by atoms with van der Waals surface area (Å²) in [7, 11) is 0. The van der Waals surface area contributed by atoms with Crippen LogP contribution in [0, 0.1) is 6.92 Å². The van der Waals surface area contributed by atoms with Gasteiger partial charge in [0.05, 0.1) is 18.5 Å². The van der Waals surface area contributed by atoms with Crippen LogP contribution in [-0.2, 0) is 0 Å². The van der Waals surface area contributed by atoms with E-state index in [2.05, 4.69) is 9.88 Å². The molecule has 0 aromatic carbocycles. The summed E-state index contributed by atoms with van der Waals surface area (Å²) in [5, 5.41) is 9.00. The molecule has 4 heteroatoms. The molecule has 1 aliphatic rings. The number of aryl methyl sites for hydroxylation is 1. The number of nitrogens with zero attached hydrogens (tertiary/aromatic N) is 2. The molecule has 1 fully saturated rings. The van der Waals surface area contributed by atoms with Crippen LogP contribution in [0.15, 0.2) is 12.3 Å². The molecule has 0 saturated heterocycles. The van der Waals surface area contributed by atoms with Crippen molar-refractivity contribution in [2.75, 3.05) is 23.8 Å². The SMILES string of the molecule is Cc1cc(N(CCO)C2CC2)ncc1N. The van der Waals surface area contributed by atoms with Crippen LogP contribution in [0.3, 0.4) is 0 Å². The van der Waals surface area contributed by atoms with Gasteiger partial charge in [-0.05, 0) is 31.4 Å². The first-order valence-electron chi connectivity index (χ1n) is 5.32. The summed E-state index contributed by atoms with van der Waals surface area (Å²) in [6, 6.07) is 2.55. The monoisotopic (exact) mass is 207 g/mol. The summed E-state index contributed by atoms with van der Waals surface area (Å²) in [6.45, 7) is 2.80. The van der Waals surface area contributed by atoms with Gasteiger partial charge in [0.25, 0.3) is 0 Å². The second-order valence-corrected chi connectivity index (χ2v) is 4.05. The van der Waals surface area contributed by atoms with Crippen LogP contribution in [0.25, 0.3) is 0 Å². The molecule has 1 saturated carbocycles. The van der Waals surface area contributed by atoms with Gasteiger partial charge in [-0.2, -0.15) is 0 Å². The van der Waals surface area contributed by atoms with Gasteiger partial charge >= 0.3 is 0 Å². The Bertz CT molecular complexity index is 350. The van der Waals surface area contributed by atoms with Crippen molar-refractivity contribution in [3.05, 3.63) is 17.8 Å². The van der Waals surface area contributed by atoms with Crippen LogP contribution in [0.4, 0.5) is 11.5 Å². The lowest BCUT2D eigenvalue weighted by Crippen LogP contribution is -2.29. The third-order valence-corrected chi connectivity index (χ3v) is 2.76. The summed E-state index contributed by atoms with van der Waals surface area (Å²) in [4.78, 5) is 6.47. The second-order valence-electron chi connectivity index (χ2n) is 4.05. The minimum absolute atomic E-state index is 0.168. The molecule has 0 unspecified atom stereocenters. The van der Waals surface area contributed by atoms with Crippen molar-refractivity contribution in [2.45, 2.75) is 25.8 Å². The summed E-state index contributed by atoms with van der Waals surface area (Å²) < 4.78 is 0. The molecule has 1 aromatic rings. The Kier molecular flexibility index (Phi) is 2.77. The number of nitrogen functional groups attached to an aromatic ring is 1. The van der Waals surface area contributed by atoms with E-state index in [0.29, 0.717) is 12.6 Å². The lowest BCUT2D eigenvalue weighted by atomic mass is 10.2. The maximum atomic E-state index is 9.00. The molecule has 0 radical (unpaired) electrons. The topological polar surface area (TPSA) is 62.4 Å². The molecule has 1 heterocycles. The Morgan fingerprint density at radius 2 is 2.33 bits per heavy atom. The zero-order valence-electron chi connectivity index (χ0n) is 8.98. The highest BCUT2D eigenvalue weighted by atomic mass is 16.3. The van der Waals surface area contributed by atoms with Gasteiger partial charge in [-0.1, -0.05) is 0 Å². The van der Waals surface area contributed by atoms with Gasteiger partial charge in [0.2, 0.25) is 0 Å². The fourth-order valence-corrected chi connectivity index (χ4v) is 1.69. The minimum atomic E-state index is 0.168. The minimum Gasteiger partial charge on any atom is -0.397 e. The first kappa shape index (κ1) is 10.2. The predicted molar refractivity (Wildman–Crippen MR) is 60.8 cm³/mol. The van der Waals surface area contributed by atoms with E-state index < -0.39 is 0 Å². The smallest absolute Gasteiger partial charge is 0.129 e. The third-order valence-electron chi connectivity index (χ3n) is 2.76. The molecule has 0 bridgehead atoms. The van der Waals surface area contributed by atoms with E-state index in [1.165, 1.54) is 12.8 Å². The maximum Gasteiger partial charge on any atom is 0.129 e. The predicted octanol–water partition coefficient (Wildman–Crippen LogP) is 0.933. The van der Waals surface area contributed by atoms with Gasteiger partial charge < -0.3 is 15.7 Å². The molecule has 4 nitrogen and oxygen atoms in total. The number of pyridine rings is 1. The Balaban J connectivity index is 2.21. The quantitative estimate of drug-likeness (QED) is 0.771. The van der Waals surface area contributed by atoms with Crippen molar-refractivity contribution in [2.24, 2.45) is 0 Å². The molecule has 3 N–H and O–H groups in total.